The van der Waals surface area contributed by atoms with Gasteiger partial charge in [-0.2, -0.15) is 0 Å². The number of unbranched alkanes of at least 4 members (excludes halogenated alkanes) is 4. The molecule has 0 radical (unpaired) electrons. The van der Waals surface area contributed by atoms with Gasteiger partial charge in [-0.05, 0) is 80.7 Å². The second kappa shape index (κ2) is 14.9. The standard InChI is InChI=1S/C31H45F3OSi/c1-4-5-6-7-8-11-24(3)35-31-29(33)21-28(22-30(31)34)26-14-12-25(13-15-26)27-16-19-36(20-17-27)18-9-10-23(2)32/h12-15,21-24,27,36H,4-11,16-20H2,1-3H3/t23-,24?,27-,36-/m1/s1. The SMILES string of the molecule is CCCCCCCC(C)Oc1c(F)cc(-c2ccc([C@H]3CC[Si@H](CCC[C@@H](C)F)CC3)cc2)cc1F. The third-order valence-corrected chi connectivity index (χ3v) is 11.3. The van der Waals surface area contributed by atoms with Crippen molar-refractivity contribution in [3.8, 4) is 16.9 Å². The zero-order valence-corrected chi connectivity index (χ0v) is 23.7. The molecule has 3 rings (SSSR count). The van der Waals surface area contributed by atoms with E-state index >= 15 is 0 Å². The van der Waals surface area contributed by atoms with E-state index in [9.17, 15) is 13.2 Å². The minimum Gasteiger partial charge on any atom is -0.485 e. The molecule has 1 unspecified atom stereocenters. The van der Waals surface area contributed by atoms with E-state index in [0.29, 0.717) is 17.9 Å². The lowest BCUT2D eigenvalue weighted by atomic mass is 9.92. The summed E-state index contributed by atoms with van der Waals surface area (Å²) in [6.45, 7) is 5.72. The second-order valence-electron chi connectivity index (χ2n) is 11.0. The number of hydrogen-bond acceptors (Lipinski definition) is 1. The minimum atomic E-state index is -0.707. The summed E-state index contributed by atoms with van der Waals surface area (Å²) in [6.07, 6.45) is 9.86. The fourth-order valence-electron chi connectivity index (χ4n) is 5.55. The van der Waals surface area contributed by atoms with Gasteiger partial charge in [0.2, 0.25) is 0 Å². The molecular formula is C31H45F3OSi. The summed E-state index contributed by atoms with van der Waals surface area (Å²) < 4.78 is 48.3. The summed E-state index contributed by atoms with van der Waals surface area (Å²) >= 11 is 0. The molecule has 0 amide bonds. The van der Waals surface area contributed by atoms with Crippen LogP contribution in [0.25, 0.3) is 11.1 Å². The van der Waals surface area contributed by atoms with Crippen LogP contribution in [0.3, 0.4) is 0 Å². The van der Waals surface area contributed by atoms with E-state index in [2.05, 4.69) is 19.1 Å². The van der Waals surface area contributed by atoms with E-state index in [0.717, 1.165) is 31.2 Å². The first kappa shape index (κ1) is 28.8. The van der Waals surface area contributed by atoms with Crippen LogP contribution in [-0.2, 0) is 0 Å². The van der Waals surface area contributed by atoms with E-state index < -0.39 is 26.6 Å². The van der Waals surface area contributed by atoms with Gasteiger partial charge in [-0.25, -0.2) is 13.2 Å². The van der Waals surface area contributed by atoms with Gasteiger partial charge in [0.05, 0.1) is 12.3 Å². The second-order valence-corrected chi connectivity index (χ2v) is 14.4. The summed E-state index contributed by atoms with van der Waals surface area (Å²) in [6, 6.07) is 14.9. The van der Waals surface area contributed by atoms with Crippen LogP contribution in [0.15, 0.2) is 36.4 Å². The lowest BCUT2D eigenvalue weighted by Gasteiger charge is -2.28. The molecule has 1 aliphatic rings. The number of benzene rings is 2. The van der Waals surface area contributed by atoms with E-state index in [1.165, 1.54) is 67.9 Å². The van der Waals surface area contributed by atoms with Gasteiger partial charge in [0.15, 0.2) is 17.4 Å². The molecule has 36 heavy (non-hydrogen) atoms. The summed E-state index contributed by atoms with van der Waals surface area (Å²) in [5.41, 5.74) is 2.67. The van der Waals surface area contributed by atoms with Crippen molar-refractivity contribution >= 4 is 8.80 Å². The molecule has 1 fully saturated rings. The van der Waals surface area contributed by atoms with Crippen LogP contribution in [0, 0.1) is 11.6 Å². The van der Waals surface area contributed by atoms with E-state index in [-0.39, 0.29) is 11.9 Å². The number of rotatable bonds is 14. The Labute approximate surface area is 218 Å². The van der Waals surface area contributed by atoms with Gasteiger partial charge in [-0.1, -0.05) is 81.4 Å². The van der Waals surface area contributed by atoms with Gasteiger partial charge in [-0.15, -0.1) is 0 Å². The summed E-state index contributed by atoms with van der Waals surface area (Å²) in [7, 11) is -0.707. The van der Waals surface area contributed by atoms with Crippen LogP contribution in [0.4, 0.5) is 13.2 Å². The molecule has 1 nitrogen and oxygen atoms in total. The molecule has 2 aromatic rings. The van der Waals surface area contributed by atoms with Gasteiger partial charge < -0.3 is 4.74 Å². The first-order valence-corrected chi connectivity index (χ1v) is 16.7. The van der Waals surface area contributed by atoms with Gasteiger partial charge in [-0.3, -0.25) is 0 Å². The van der Waals surface area contributed by atoms with Gasteiger partial charge >= 0.3 is 0 Å². The first-order chi connectivity index (χ1) is 17.4. The van der Waals surface area contributed by atoms with E-state index in [1.54, 1.807) is 6.92 Å². The highest BCUT2D eigenvalue weighted by Gasteiger charge is 2.23. The molecule has 5 heteroatoms. The van der Waals surface area contributed by atoms with Crippen molar-refractivity contribution in [3.63, 3.8) is 0 Å². The molecule has 1 heterocycles. The van der Waals surface area contributed by atoms with Crippen LogP contribution in [0.5, 0.6) is 5.75 Å². The van der Waals surface area contributed by atoms with Crippen molar-refractivity contribution in [1.82, 2.24) is 0 Å². The zero-order chi connectivity index (χ0) is 25.9. The zero-order valence-electron chi connectivity index (χ0n) is 22.5. The molecule has 2 atom stereocenters. The Kier molecular flexibility index (Phi) is 11.9. The Morgan fingerprint density at radius 3 is 2.11 bits per heavy atom. The molecule has 0 N–H and O–H groups in total. The van der Waals surface area contributed by atoms with E-state index in [1.807, 2.05) is 19.1 Å². The van der Waals surface area contributed by atoms with Gasteiger partial charge in [0, 0.05) is 8.80 Å². The van der Waals surface area contributed by atoms with Crippen molar-refractivity contribution in [1.29, 1.82) is 0 Å². The number of hydrogen-bond donors (Lipinski definition) is 0. The molecule has 1 saturated heterocycles. The minimum absolute atomic E-state index is 0.217. The predicted octanol–water partition coefficient (Wildman–Crippen LogP) is 10.0. The Hall–Kier alpha value is -1.75. The highest BCUT2D eigenvalue weighted by molar-refractivity contribution is 6.59. The first-order valence-electron chi connectivity index (χ1n) is 14.3. The molecule has 0 spiro atoms. The summed E-state index contributed by atoms with van der Waals surface area (Å²) in [5, 5.41) is 0. The number of ether oxygens (including phenoxy) is 1. The Balaban J connectivity index is 1.53. The highest BCUT2D eigenvalue weighted by Crippen LogP contribution is 2.37. The average molecular weight is 519 g/mol. The maximum absolute atomic E-state index is 14.8. The highest BCUT2D eigenvalue weighted by atomic mass is 28.3. The van der Waals surface area contributed by atoms with Crippen LogP contribution in [0.1, 0.15) is 96.5 Å². The number of alkyl halides is 1. The predicted molar refractivity (Wildman–Crippen MR) is 149 cm³/mol. The molecule has 0 aliphatic carbocycles. The monoisotopic (exact) mass is 518 g/mol. The Morgan fingerprint density at radius 1 is 0.861 bits per heavy atom. The fraction of sp³-hybridized carbons (Fsp3) is 0.613. The van der Waals surface area contributed by atoms with Gasteiger partial charge in [0.1, 0.15) is 0 Å². The molecule has 0 saturated carbocycles. The smallest absolute Gasteiger partial charge is 0.191 e. The third kappa shape index (κ3) is 8.97. The third-order valence-electron chi connectivity index (χ3n) is 7.81. The summed E-state index contributed by atoms with van der Waals surface area (Å²) in [4.78, 5) is 0. The normalized spacial score (nSPS) is 19.7. The molecule has 0 bridgehead atoms. The van der Waals surface area contributed by atoms with Crippen molar-refractivity contribution in [2.45, 2.75) is 121 Å². The fourth-order valence-corrected chi connectivity index (χ4v) is 8.98. The maximum atomic E-state index is 14.8. The molecular weight excluding hydrogens is 473 g/mol. The lowest BCUT2D eigenvalue weighted by molar-refractivity contribution is 0.188. The van der Waals surface area contributed by atoms with Crippen molar-refractivity contribution in [2.24, 2.45) is 0 Å². The maximum Gasteiger partial charge on any atom is 0.191 e. The molecule has 1 aliphatic heterocycles. The van der Waals surface area contributed by atoms with Crippen molar-refractivity contribution < 1.29 is 17.9 Å². The average Bonchev–Trinajstić information content (AvgIpc) is 2.86. The molecule has 0 aromatic heterocycles. The van der Waals surface area contributed by atoms with Crippen LogP contribution >= 0.6 is 0 Å². The lowest BCUT2D eigenvalue weighted by Crippen LogP contribution is -2.20. The van der Waals surface area contributed by atoms with Crippen molar-refractivity contribution in [2.75, 3.05) is 0 Å². The van der Waals surface area contributed by atoms with E-state index in [4.69, 9.17) is 4.74 Å². The van der Waals surface area contributed by atoms with Crippen molar-refractivity contribution in [3.05, 3.63) is 53.6 Å². The molecule has 200 valence electrons. The van der Waals surface area contributed by atoms with Crippen LogP contribution in [0.2, 0.25) is 18.1 Å². The largest absolute Gasteiger partial charge is 0.485 e. The van der Waals surface area contributed by atoms with Gasteiger partial charge in [0.25, 0.3) is 0 Å². The summed E-state index contributed by atoms with van der Waals surface area (Å²) in [5.74, 6) is -0.983. The molecule has 2 aromatic carbocycles. The van der Waals surface area contributed by atoms with Crippen LogP contribution < -0.4 is 4.74 Å². The topological polar surface area (TPSA) is 9.23 Å². The van der Waals surface area contributed by atoms with Crippen LogP contribution in [-0.4, -0.2) is 21.1 Å². The quantitative estimate of drug-likeness (QED) is 0.179. The number of halogens is 3. The Bertz CT molecular complexity index is 884. The Morgan fingerprint density at radius 2 is 1.50 bits per heavy atom.